The van der Waals surface area contributed by atoms with Crippen LogP contribution in [0.2, 0.25) is 0 Å². The minimum atomic E-state index is -0.901. The zero-order valence-corrected chi connectivity index (χ0v) is 19.3. The van der Waals surface area contributed by atoms with Crippen LogP contribution in [-0.4, -0.2) is 46.1 Å². The van der Waals surface area contributed by atoms with E-state index in [0.717, 1.165) is 19.3 Å². The summed E-state index contributed by atoms with van der Waals surface area (Å²) in [6.45, 7) is 11.4. The quantitative estimate of drug-likeness (QED) is 0.288. The summed E-state index contributed by atoms with van der Waals surface area (Å²) < 4.78 is 5.84. The number of esters is 1. The summed E-state index contributed by atoms with van der Waals surface area (Å²) in [4.78, 5) is 24.8. The van der Waals surface area contributed by atoms with Gasteiger partial charge in [0.25, 0.3) is 0 Å². The molecule has 2 rings (SSSR count). The minimum Gasteiger partial charge on any atom is -0.481 e. The Kier molecular flexibility index (Phi) is 8.66. The van der Waals surface area contributed by atoms with Crippen molar-refractivity contribution < 1.29 is 29.6 Å². The average molecular weight is 435 g/mol. The number of rotatable bonds is 9. The number of fused-ring (bicyclic) bond motifs is 1. The van der Waals surface area contributed by atoms with Crippen molar-refractivity contribution in [2.75, 3.05) is 6.61 Å². The van der Waals surface area contributed by atoms with E-state index in [1.54, 1.807) is 13.0 Å². The molecule has 3 N–H and O–H groups in total. The molecule has 6 nitrogen and oxygen atoms in total. The molecule has 0 aliphatic heterocycles. The van der Waals surface area contributed by atoms with Crippen LogP contribution in [0.25, 0.3) is 0 Å². The molecule has 0 aromatic heterocycles. The highest BCUT2D eigenvalue weighted by Gasteiger charge is 2.53. The largest absolute Gasteiger partial charge is 0.481 e. The van der Waals surface area contributed by atoms with Gasteiger partial charge in [-0.05, 0) is 49.7 Å². The fourth-order valence-electron chi connectivity index (χ4n) is 5.14. The van der Waals surface area contributed by atoms with Gasteiger partial charge in [-0.1, -0.05) is 52.3 Å². The number of aliphatic carboxylic acids is 1. The van der Waals surface area contributed by atoms with Gasteiger partial charge in [0, 0.05) is 16.9 Å². The van der Waals surface area contributed by atoms with E-state index in [9.17, 15) is 24.9 Å². The van der Waals surface area contributed by atoms with Gasteiger partial charge in [0.15, 0.2) is 0 Å². The number of carboxylic acids is 1. The van der Waals surface area contributed by atoms with Gasteiger partial charge in [-0.15, -0.1) is 0 Å². The van der Waals surface area contributed by atoms with E-state index in [1.165, 1.54) is 0 Å². The second kappa shape index (κ2) is 10.6. The average Bonchev–Trinajstić information content (AvgIpc) is 2.71. The molecule has 31 heavy (non-hydrogen) atoms. The van der Waals surface area contributed by atoms with E-state index in [4.69, 9.17) is 4.74 Å². The number of hydrogen-bond acceptors (Lipinski definition) is 5. The summed E-state index contributed by atoms with van der Waals surface area (Å²) in [7, 11) is 0. The second-order valence-corrected chi connectivity index (χ2v) is 9.49. The maximum absolute atomic E-state index is 12.8. The molecule has 0 aromatic carbocycles. The molecular formula is C25H38O6. The summed E-state index contributed by atoms with van der Waals surface area (Å²) >= 11 is 0. The highest BCUT2D eigenvalue weighted by Crippen LogP contribution is 2.54. The Bertz CT molecular complexity index is 751. The van der Waals surface area contributed by atoms with Gasteiger partial charge >= 0.3 is 11.9 Å². The standard InChI is InChI=1S/C25H38O6/c1-6-7-8-15(2)11-16(3)24(30)31-22-10-9-19(23(28)29)25(5)13-18(17(4)14-26)21(27)12-20(22)25/h11-12,15,18-19,21-22,26-27H,4,6-10,13-14H2,1-3,5H3,(H,28,29)/b16-11+/t15?,18-,19+,21-,22+,25+/m0/s1. The van der Waals surface area contributed by atoms with Crippen LogP contribution in [0.3, 0.4) is 0 Å². The molecule has 0 heterocycles. The second-order valence-electron chi connectivity index (χ2n) is 9.49. The van der Waals surface area contributed by atoms with Gasteiger partial charge in [0.05, 0.1) is 18.6 Å². The molecular weight excluding hydrogens is 396 g/mol. The first-order valence-corrected chi connectivity index (χ1v) is 11.4. The molecule has 6 heteroatoms. The van der Waals surface area contributed by atoms with Crippen molar-refractivity contribution in [3.05, 3.63) is 35.5 Å². The highest BCUT2D eigenvalue weighted by atomic mass is 16.5. The molecule has 174 valence electrons. The predicted octanol–water partition coefficient (Wildman–Crippen LogP) is 4.03. The molecule has 0 spiro atoms. The molecule has 0 bridgehead atoms. The van der Waals surface area contributed by atoms with Gasteiger partial charge in [0.1, 0.15) is 6.10 Å². The van der Waals surface area contributed by atoms with Crippen molar-refractivity contribution in [2.24, 2.45) is 23.2 Å². The lowest BCUT2D eigenvalue weighted by Crippen LogP contribution is -2.50. The number of carbonyl (C=O) groups excluding carboxylic acids is 1. The zero-order valence-electron chi connectivity index (χ0n) is 19.3. The first-order chi connectivity index (χ1) is 14.5. The number of carboxylic acid groups (broad SMARTS) is 1. The first-order valence-electron chi connectivity index (χ1n) is 11.4. The summed E-state index contributed by atoms with van der Waals surface area (Å²) in [5, 5.41) is 30.0. The number of aliphatic hydroxyl groups is 2. The first kappa shape index (κ1) is 25.3. The summed E-state index contributed by atoms with van der Waals surface area (Å²) in [6, 6.07) is 0. The molecule has 2 aliphatic carbocycles. The van der Waals surface area contributed by atoms with Gasteiger partial charge in [-0.2, -0.15) is 0 Å². The summed E-state index contributed by atoms with van der Waals surface area (Å²) in [6.07, 6.45) is 6.44. The molecule has 1 saturated carbocycles. The minimum absolute atomic E-state index is 0.267. The lowest BCUT2D eigenvalue weighted by Gasteiger charge is -2.50. The molecule has 0 amide bonds. The molecule has 1 fully saturated rings. The third-order valence-corrected chi connectivity index (χ3v) is 7.04. The van der Waals surface area contributed by atoms with Crippen LogP contribution in [0.15, 0.2) is 35.5 Å². The topological polar surface area (TPSA) is 104 Å². The van der Waals surface area contributed by atoms with E-state index in [1.807, 2.05) is 13.0 Å². The number of allylic oxidation sites excluding steroid dienone is 1. The summed E-state index contributed by atoms with van der Waals surface area (Å²) in [5.41, 5.74) is 0.908. The maximum Gasteiger partial charge on any atom is 0.333 e. The number of carbonyl (C=O) groups is 2. The van der Waals surface area contributed by atoms with Crippen LogP contribution < -0.4 is 0 Å². The number of ether oxygens (including phenoxy) is 1. The van der Waals surface area contributed by atoms with E-state index in [-0.39, 0.29) is 12.5 Å². The Labute approximate surface area is 185 Å². The number of hydrogen-bond donors (Lipinski definition) is 3. The molecule has 0 radical (unpaired) electrons. The third-order valence-electron chi connectivity index (χ3n) is 7.04. The van der Waals surface area contributed by atoms with Gasteiger partial charge in [-0.25, -0.2) is 4.79 Å². The van der Waals surface area contributed by atoms with E-state index in [2.05, 4.69) is 20.4 Å². The van der Waals surface area contributed by atoms with Crippen LogP contribution in [0, 0.1) is 23.2 Å². The SMILES string of the molecule is C=C(CO)[C@@H]1C[C@@]2(C)C(=C[C@@H]1O)[C@H](OC(=O)/C(C)=C/C(C)CCCC)CC[C@@H]2C(=O)O. The number of aliphatic hydroxyl groups excluding tert-OH is 2. The fourth-order valence-corrected chi connectivity index (χ4v) is 5.14. The third kappa shape index (κ3) is 5.66. The van der Waals surface area contributed by atoms with Crippen LogP contribution in [0.5, 0.6) is 0 Å². The van der Waals surface area contributed by atoms with Gasteiger partial charge in [0.2, 0.25) is 0 Å². The Morgan fingerprint density at radius 2 is 2.06 bits per heavy atom. The molecule has 0 saturated heterocycles. The lowest BCUT2D eigenvalue weighted by molar-refractivity contribution is -0.152. The van der Waals surface area contributed by atoms with Crippen molar-refractivity contribution in [2.45, 2.75) is 78.4 Å². The van der Waals surface area contributed by atoms with E-state index in [0.29, 0.717) is 36.0 Å². The van der Waals surface area contributed by atoms with Crippen LogP contribution in [0.1, 0.15) is 66.2 Å². The van der Waals surface area contributed by atoms with Crippen molar-refractivity contribution in [3.63, 3.8) is 0 Å². The van der Waals surface area contributed by atoms with Crippen molar-refractivity contribution in [1.82, 2.24) is 0 Å². The maximum atomic E-state index is 12.8. The van der Waals surface area contributed by atoms with Gasteiger partial charge in [-0.3, -0.25) is 4.79 Å². The lowest BCUT2D eigenvalue weighted by atomic mass is 9.56. The van der Waals surface area contributed by atoms with Gasteiger partial charge < -0.3 is 20.1 Å². The van der Waals surface area contributed by atoms with Crippen LogP contribution >= 0.6 is 0 Å². The normalized spacial score (nSPS) is 31.9. The van der Waals surface area contributed by atoms with Crippen molar-refractivity contribution >= 4 is 11.9 Å². The number of unbranched alkanes of at least 4 members (excludes halogenated alkanes) is 1. The Morgan fingerprint density at radius 1 is 1.39 bits per heavy atom. The monoisotopic (exact) mass is 434 g/mol. The Morgan fingerprint density at radius 3 is 2.65 bits per heavy atom. The Hall–Kier alpha value is -1.92. The fraction of sp³-hybridized carbons (Fsp3) is 0.680. The Balaban J connectivity index is 2.28. The highest BCUT2D eigenvalue weighted by molar-refractivity contribution is 5.88. The molecule has 1 unspecified atom stereocenters. The van der Waals surface area contributed by atoms with Crippen LogP contribution in [-0.2, 0) is 14.3 Å². The van der Waals surface area contributed by atoms with Crippen molar-refractivity contribution in [1.29, 1.82) is 0 Å². The van der Waals surface area contributed by atoms with E-state index >= 15 is 0 Å². The molecule has 2 aliphatic rings. The van der Waals surface area contributed by atoms with E-state index < -0.39 is 41.4 Å². The van der Waals surface area contributed by atoms with Crippen molar-refractivity contribution in [3.8, 4) is 0 Å². The van der Waals surface area contributed by atoms with Crippen LogP contribution in [0.4, 0.5) is 0 Å². The zero-order chi connectivity index (χ0) is 23.3. The molecule has 0 aromatic rings. The smallest absolute Gasteiger partial charge is 0.333 e. The molecule has 6 atom stereocenters. The summed E-state index contributed by atoms with van der Waals surface area (Å²) in [5.74, 6) is -2.11. The predicted molar refractivity (Wildman–Crippen MR) is 119 cm³/mol.